The molecule has 4 heteroatoms. The number of amides is 1. The van der Waals surface area contributed by atoms with Gasteiger partial charge in [-0.15, -0.1) is 0 Å². The quantitative estimate of drug-likeness (QED) is 0.494. The maximum atomic E-state index is 11.5. The summed E-state index contributed by atoms with van der Waals surface area (Å²) in [6.07, 6.45) is 1.01. The largest absolute Gasteiger partial charge is 0.352 e. The van der Waals surface area contributed by atoms with E-state index < -0.39 is 0 Å². The molecule has 0 aliphatic carbocycles. The lowest BCUT2D eigenvalue weighted by Crippen LogP contribution is -2.24. The van der Waals surface area contributed by atoms with E-state index in [9.17, 15) is 4.79 Å². The number of carbonyl (C=O) groups excluding carboxylic acids is 1. The zero-order valence-corrected chi connectivity index (χ0v) is 11.3. The maximum Gasteiger partial charge on any atom is 0.251 e. The second-order valence-electron chi connectivity index (χ2n) is 2.81. The van der Waals surface area contributed by atoms with Crippen molar-refractivity contribution in [2.45, 2.75) is 6.42 Å². The molecule has 0 spiro atoms. The van der Waals surface area contributed by atoms with E-state index in [0.29, 0.717) is 5.56 Å². The van der Waals surface area contributed by atoms with Crippen LogP contribution in [-0.4, -0.2) is 16.9 Å². The van der Waals surface area contributed by atoms with Gasteiger partial charge in [-0.1, -0.05) is 44.6 Å². The maximum absolute atomic E-state index is 11.5. The fourth-order valence-corrected chi connectivity index (χ4v) is 1.78. The molecule has 1 aromatic carbocycles. The molecule has 0 atom stereocenters. The summed E-state index contributed by atoms with van der Waals surface area (Å²) in [6, 6.07) is 7.39. The van der Waals surface area contributed by atoms with Gasteiger partial charge in [-0.2, -0.15) is 0 Å². The van der Waals surface area contributed by atoms with Crippen LogP contribution in [0.5, 0.6) is 0 Å². The van der Waals surface area contributed by atoms with E-state index in [2.05, 4.69) is 43.8 Å². The highest BCUT2D eigenvalue weighted by Crippen LogP contribution is 2.11. The van der Waals surface area contributed by atoms with Crippen LogP contribution in [0, 0.1) is 0 Å². The van der Waals surface area contributed by atoms with Gasteiger partial charge in [-0.05, 0) is 24.6 Å². The zero-order chi connectivity index (χ0) is 10.4. The lowest BCUT2D eigenvalue weighted by Gasteiger charge is -2.03. The van der Waals surface area contributed by atoms with E-state index >= 15 is 0 Å². The molecule has 0 fully saturated rings. The Morgan fingerprint density at radius 3 is 2.93 bits per heavy atom. The van der Waals surface area contributed by atoms with Gasteiger partial charge >= 0.3 is 0 Å². The molecule has 0 aromatic heterocycles. The second-order valence-corrected chi connectivity index (χ2v) is 4.80. The first-order valence-electron chi connectivity index (χ1n) is 4.34. The minimum absolute atomic E-state index is 0.00356. The van der Waals surface area contributed by atoms with Crippen molar-refractivity contribution < 1.29 is 4.79 Å². The first-order valence-corrected chi connectivity index (χ1v) is 6.65. The Morgan fingerprint density at radius 1 is 1.50 bits per heavy atom. The van der Waals surface area contributed by atoms with E-state index in [4.69, 9.17) is 0 Å². The molecule has 0 radical (unpaired) electrons. The third kappa shape index (κ3) is 3.96. The summed E-state index contributed by atoms with van der Waals surface area (Å²) < 4.78 is 2.00. The van der Waals surface area contributed by atoms with Gasteiger partial charge in [0.15, 0.2) is 0 Å². The molecular weight excluding hydrogens is 357 g/mol. The first kappa shape index (κ1) is 12.0. The summed E-state index contributed by atoms with van der Waals surface area (Å²) in [7, 11) is 0. The molecule has 14 heavy (non-hydrogen) atoms. The van der Waals surface area contributed by atoms with E-state index in [-0.39, 0.29) is 5.91 Å². The van der Waals surface area contributed by atoms with Crippen molar-refractivity contribution in [2.75, 3.05) is 11.0 Å². The molecule has 0 bridgehead atoms. The molecule has 0 heterocycles. The molecule has 0 aliphatic rings. The van der Waals surface area contributed by atoms with Crippen molar-refractivity contribution in [3.63, 3.8) is 0 Å². The average molecular weight is 368 g/mol. The Labute approximate surface area is 106 Å². The van der Waals surface area contributed by atoms with Gasteiger partial charge in [0.25, 0.3) is 5.91 Å². The second kappa shape index (κ2) is 6.40. The van der Waals surface area contributed by atoms with Crippen molar-refractivity contribution in [1.82, 2.24) is 5.32 Å². The fourth-order valence-electron chi connectivity index (χ4n) is 1.00. The molecule has 0 unspecified atom stereocenters. The molecule has 1 amide bonds. The van der Waals surface area contributed by atoms with Gasteiger partial charge in [0.05, 0.1) is 0 Å². The monoisotopic (exact) mass is 367 g/mol. The van der Waals surface area contributed by atoms with E-state index in [1.807, 2.05) is 24.3 Å². The molecule has 2 nitrogen and oxygen atoms in total. The smallest absolute Gasteiger partial charge is 0.251 e. The summed E-state index contributed by atoms with van der Waals surface area (Å²) >= 11 is 5.63. The third-order valence-corrected chi connectivity index (χ3v) is 2.94. The summed E-state index contributed by atoms with van der Waals surface area (Å²) in [5.41, 5.74) is 0.702. The summed E-state index contributed by atoms with van der Waals surface area (Å²) in [6.45, 7) is 0.744. The van der Waals surface area contributed by atoms with E-state index in [0.717, 1.165) is 21.9 Å². The minimum Gasteiger partial charge on any atom is -0.352 e. The van der Waals surface area contributed by atoms with Gasteiger partial charge in [0.1, 0.15) is 0 Å². The van der Waals surface area contributed by atoms with Crippen LogP contribution in [0.15, 0.2) is 28.7 Å². The van der Waals surface area contributed by atoms with Gasteiger partial charge < -0.3 is 5.32 Å². The third-order valence-electron chi connectivity index (χ3n) is 1.68. The summed E-state index contributed by atoms with van der Waals surface area (Å²) in [4.78, 5) is 11.5. The van der Waals surface area contributed by atoms with Crippen molar-refractivity contribution in [1.29, 1.82) is 0 Å². The van der Waals surface area contributed by atoms with Crippen LogP contribution in [0.1, 0.15) is 16.8 Å². The van der Waals surface area contributed by atoms with Crippen LogP contribution in [0.25, 0.3) is 0 Å². The lowest BCUT2D eigenvalue weighted by atomic mass is 10.2. The van der Waals surface area contributed by atoms with Crippen LogP contribution in [0.4, 0.5) is 0 Å². The molecule has 1 rings (SSSR count). The number of rotatable bonds is 4. The molecule has 0 aliphatic heterocycles. The number of halogens is 2. The highest BCUT2D eigenvalue weighted by atomic mass is 127. The summed E-state index contributed by atoms with van der Waals surface area (Å²) in [5, 5.41) is 2.86. The summed E-state index contributed by atoms with van der Waals surface area (Å²) in [5.74, 6) is -0.00356. The molecule has 1 N–H and O–H groups in total. The van der Waals surface area contributed by atoms with Crippen LogP contribution in [-0.2, 0) is 0 Å². The fraction of sp³-hybridized carbons (Fsp3) is 0.300. The first-order chi connectivity index (χ1) is 6.74. The number of benzene rings is 1. The molecule has 1 aromatic rings. The van der Waals surface area contributed by atoms with E-state index in [1.54, 1.807) is 0 Å². The van der Waals surface area contributed by atoms with Gasteiger partial charge in [0.2, 0.25) is 0 Å². The predicted molar refractivity (Wildman–Crippen MR) is 70.0 cm³/mol. The van der Waals surface area contributed by atoms with Gasteiger partial charge in [0, 0.05) is 21.0 Å². The highest BCUT2D eigenvalue weighted by molar-refractivity contribution is 14.1. The van der Waals surface area contributed by atoms with Crippen molar-refractivity contribution in [2.24, 2.45) is 0 Å². The van der Waals surface area contributed by atoms with E-state index in [1.165, 1.54) is 0 Å². The van der Waals surface area contributed by atoms with Gasteiger partial charge in [-0.3, -0.25) is 4.79 Å². The Hall–Kier alpha value is -0.100. The zero-order valence-electron chi connectivity index (χ0n) is 7.59. The number of carbonyl (C=O) groups is 1. The van der Waals surface area contributed by atoms with Crippen molar-refractivity contribution in [3.05, 3.63) is 34.3 Å². The van der Waals surface area contributed by atoms with Gasteiger partial charge in [-0.25, -0.2) is 0 Å². The van der Waals surface area contributed by atoms with Crippen LogP contribution < -0.4 is 5.32 Å². The molecular formula is C10H11BrINO. The predicted octanol–water partition coefficient (Wildman–Crippen LogP) is 3.00. The SMILES string of the molecule is O=C(NCCCI)c1cccc(Br)c1. The Morgan fingerprint density at radius 2 is 2.29 bits per heavy atom. The molecule has 0 saturated heterocycles. The number of nitrogens with one attached hydrogen (secondary N) is 1. The van der Waals surface area contributed by atoms with Crippen LogP contribution in [0.2, 0.25) is 0 Å². The molecule has 0 saturated carbocycles. The lowest BCUT2D eigenvalue weighted by molar-refractivity contribution is 0.0954. The van der Waals surface area contributed by atoms with Crippen molar-refractivity contribution >= 4 is 44.4 Å². The highest BCUT2D eigenvalue weighted by Gasteiger charge is 2.03. The Bertz CT molecular complexity index is 317. The van der Waals surface area contributed by atoms with Crippen LogP contribution >= 0.6 is 38.5 Å². The normalized spacial score (nSPS) is 9.86. The number of hydrogen-bond acceptors (Lipinski definition) is 1. The number of alkyl halides is 1. The number of hydrogen-bond donors (Lipinski definition) is 1. The minimum atomic E-state index is -0.00356. The van der Waals surface area contributed by atoms with Crippen LogP contribution in [0.3, 0.4) is 0 Å². The standard InChI is InChI=1S/C10H11BrINO/c11-9-4-1-3-8(7-9)10(14)13-6-2-5-12/h1,3-4,7H,2,5-6H2,(H,13,14). The van der Waals surface area contributed by atoms with Crippen molar-refractivity contribution in [3.8, 4) is 0 Å². The topological polar surface area (TPSA) is 29.1 Å². The average Bonchev–Trinajstić information content (AvgIpc) is 2.18. The Kier molecular flexibility index (Phi) is 5.47. The Balaban J connectivity index is 2.52. The molecule has 76 valence electrons.